The fraction of sp³-hybridized carbons (Fsp3) is 0.280. The molecule has 0 spiro atoms. The molecular weight excluding hydrogens is 485 g/mol. The van der Waals surface area contributed by atoms with Crippen molar-refractivity contribution < 1.29 is 36.6 Å². The van der Waals surface area contributed by atoms with Crippen molar-refractivity contribution in [3.8, 4) is 0 Å². The Bertz CT molecular complexity index is 1220. The van der Waals surface area contributed by atoms with Crippen molar-refractivity contribution in [2.45, 2.75) is 31.3 Å². The summed E-state index contributed by atoms with van der Waals surface area (Å²) in [4.78, 5) is 26.3. The predicted molar refractivity (Wildman–Crippen MR) is 119 cm³/mol. The number of hydrogen-bond acceptors (Lipinski definition) is 3. The average Bonchev–Trinajstić information content (AvgIpc) is 3.47. The van der Waals surface area contributed by atoms with E-state index in [1.54, 1.807) is 24.3 Å². The van der Waals surface area contributed by atoms with Crippen LogP contribution in [0, 0.1) is 11.6 Å². The number of nitrogens with zero attached hydrogens (tertiary/aromatic N) is 3. The lowest BCUT2D eigenvalue weighted by molar-refractivity contribution is -0.192. The van der Waals surface area contributed by atoms with Gasteiger partial charge in [-0.05, 0) is 47.5 Å². The van der Waals surface area contributed by atoms with Crippen molar-refractivity contribution in [1.29, 1.82) is 0 Å². The van der Waals surface area contributed by atoms with E-state index in [0.717, 1.165) is 24.2 Å². The van der Waals surface area contributed by atoms with Gasteiger partial charge in [-0.1, -0.05) is 24.3 Å². The van der Waals surface area contributed by atoms with Gasteiger partial charge in [-0.2, -0.15) is 13.2 Å². The van der Waals surface area contributed by atoms with E-state index >= 15 is 0 Å². The van der Waals surface area contributed by atoms with Crippen LogP contribution in [0.4, 0.5) is 22.0 Å². The highest BCUT2D eigenvalue weighted by atomic mass is 19.4. The van der Waals surface area contributed by atoms with E-state index < -0.39 is 12.1 Å². The second-order valence-corrected chi connectivity index (χ2v) is 8.62. The molecule has 2 atom stereocenters. The number of carboxylic acid groups (broad SMARTS) is 1. The number of alkyl halides is 3. The average molecular weight is 507 g/mol. The van der Waals surface area contributed by atoms with E-state index in [9.17, 15) is 26.7 Å². The third-order valence-corrected chi connectivity index (χ3v) is 6.18. The Labute approximate surface area is 203 Å². The summed E-state index contributed by atoms with van der Waals surface area (Å²) >= 11 is 0. The van der Waals surface area contributed by atoms with Gasteiger partial charge in [-0.25, -0.2) is 13.6 Å². The summed E-state index contributed by atoms with van der Waals surface area (Å²) in [6, 6.07) is 16.9. The molecule has 1 aromatic heterocycles. The number of likely N-dealkylation sites (tertiary alicyclic amines) is 1. The van der Waals surface area contributed by atoms with Gasteiger partial charge in [0.2, 0.25) is 0 Å². The van der Waals surface area contributed by atoms with Crippen LogP contribution in [-0.2, 0) is 17.9 Å². The molecular formula is C25H22F5N3O3. The third kappa shape index (κ3) is 5.56. The third-order valence-electron chi connectivity index (χ3n) is 6.18. The smallest absolute Gasteiger partial charge is 0.475 e. The van der Waals surface area contributed by atoms with Crippen LogP contribution in [0.1, 0.15) is 27.7 Å². The number of amides is 1. The van der Waals surface area contributed by atoms with E-state index in [1.165, 1.54) is 24.3 Å². The molecule has 190 valence electrons. The molecule has 1 N–H and O–H groups in total. The minimum Gasteiger partial charge on any atom is -0.475 e. The molecule has 0 aliphatic carbocycles. The van der Waals surface area contributed by atoms with E-state index in [0.29, 0.717) is 18.8 Å². The Balaban J connectivity index is 0.000000384. The normalized spacial score (nSPS) is 19.4. The number of carbonyl (C=O) groups is 2. The quantitative estimate of drug-likeness (QED) is 0.529. The number of benzene rings is 2. The summed E-state index contributed by atoms with van der Waals surface area (Å²) in [5, 5.41) is 7.12. The van der Waals surface area contributed by atoms with Gasteiger partial charge in [-0.3, -0.25) is 9.69 Å². The molecule has 5 rings (SSSR count). The molecule has 1 saturated heterocycles. The van der Waals surface area contributed by atoms with Gasteiger partial charge in [0.1, 0.15) is 17.3 Å². The summed E-state index contributed by atoms with van der Waals surface area (Å²) in [5.74, 6) is -3.27. The van der Waals surface area contributed by atoms with Gasteiger partial charge in [0, 0.05) is 32.4 Å². The van der Waals surface area contributed by atoms with Crippen molar-refractivity contribution in [2.24, 2.45) is 0 Å². The van der Waals surface area contributed by atoms with Crippen molar-refractivity contribution in [1.82, 2.24) is 14.4 Å². The molecule has 2 unspecified atom stereocenters. The van der Waals surface area contributed by atoms with Crippen LogP contribution in [0.25, 0.3) is 0 Å². The molecule has 0 saturated carbocycles. The maximum atomic E-state index is 13.3. The van der Waals surface area contributed by atoms with Crippen LogP contribution in [0.15, 0.2) is 66.9 Å². The van der Waals surface area contributed by atoms with E-state index in [2.05, 4.69) is 9.47 Å². The number of halogens is 5. The summed E-state index contributed by atoms with van der Waals surface area (Å²) in [7, 11) is 0. The molecule has 36 heavy (non-hydrogen) atoms. The fourth-order valence-electron chi connectivity index (χ4n) is 4.54. The molecule has 2 aliphatic heterocycles. The molecule has 1 fully saturated rings. The van der Waals surface area contributed by atoms with Crippen LogP contribution in [-0.4, -0.2) is 56.7 Å². The zero-order chi connectivity index (χ0) is 26.0. The molecule has 2 aliphatic rings. The number of aliphatic carboxylic acids is 1. The Kier molecular flexibility index (Phi) is 7.11. The minimum atomic E-state index is -5.08. The number of aromatic nitrogens is 1. The summed E-state index contributed by atoms with van der Waals surface area (Å²) < 4.78 is 60.3. The van der Waals surface area contributed by atoms with Crippen molar-refractivity contribution >= 4 is 11.9 Å². The molecule has 2 aromatic carbocycles. The van der Waals surface area contributed by atoms with Crippen molar-refractivity contribution in [2.75, 3.05) is 13.1 Å². The lowest BCUT2D eigenvalue weighted by Crippen LogP contribution is -2.49. The summed E-state index contributed by atoms with van der Waals surface area (Å²) in [6.45, 7) is 2.72. The standard InChI is InChI=1S/C23H21F2N3O.C2HF3O2/c24-18-7-3-16(4-8-18)12-26-14-21-22(15-26)28(13-17-5-9-19(25)10-6-17)23(29)20-2-1-11-27(20)21;3-2(4,5)1(6)7/h1-11,21-22H,12-15H2;(H,6,7). The van der Waals surface area contributed by atoms with Crippen LogP contribution in [0.5, 0.6) is 0 Å². The predicted octanol–water partition coefficient (Wildman–Crippen LogP) is 4.48. The van der Waals surface area contributed by atoms with Gasteiger partial charge in [-0.15, -0.1) is 0 Å². The Morgan fingerprint density at radius 2 is 1.36 bits per heavy atom. The van der Waals surface area contributed by atoms with Crippen LogP contribution < -0.4 is 0 Å². The zero-order valence-electron chi connectivity index (χ0n) is 18.8. The fourth-order valence-corrected chi connectivity index (χ4v) is 4.54. The molecule has 0 radical (unpaired) electrons. The zero-order valence-corrected chi connectivity index (χ0v) is 18.8. The lowest BCUT2D eigenvalue weighted by atomic mass is 10.0. The molecule has 11 heteroatoms. The number of hydrogen-bond donors (Lipinski definition) is 1. The van der Waals surface area contributed by atoms with Gasteiger partial charge in [0.25, 0.3) is 5.91 Å². The highest BCUT2D eigenvalue weighted by molar-refractivity contribution is 5.94. The SMILES string of the molecule is O=C(O)C(F)(F)F.O=C1c2cccn2C2CN(Cc3ccc(F)cc3)CC2N1Cc1ccc(F)cc1. The van der Waals surface area contributed by atoms with Gasteiger partial charge in [0.15, 0.2) is 0 Å². The van der Waals surface area contributed by atoms with Crippen molar-refractivity contribution in [3.63, 3.8) is 0 Å². The minimum absolute atomic E-state index is 0.00390. The topological polar surface area (TPSA) is 65.8 Å². The number of carboxylic acids is 1. The Morgan fingerprint density at radius 1 is 0.861 bits per heavy atom. The first-order valence-corrected chi connectivity index (χ1v) is 11.0. The van der Waals surface area contributed by atoms with Gasteiger partial charge >= 0.3 is 12.1 Å². The molecule has 0 bridgehead atoms. The van der Waals surface area contributed by atoms with E-state index in [4.69, 9.17) is 9.90 Å². The molecule has 3 aromatic rings. The molecule has 1 amide bonds. The monoisotopic (exact) mass is 507 g/mol. The van der Waals surface area contributed by atoms with Gasteiger partial charge < -0.3 is 14.6 Å². The Hall–Kier alpha value is -3.73. The largest absolute Gasteiger partial charge is 0.490 e. The number of carbonyl (C=O) groups excluding carboxylic acids is 1. The highest BCUT2D eigenvalue weighted by Crippen LogP contribution is 2.35. The first kappa shape index (κ1) is 25.4. The van der Waals surface area contributed by atoms with Crippen LogP contribution in [0.2, 0.25) is 0 Å². The van der Waals surface area contributed by atoms with Crippen molar-refractivity contribution in [3.05, 3.63) is 95.3 Å². The first-order valence-electron chi connectivity index (χ1n) is 11.0. The van der Waals surface area contributed by atoms with E-state index in [-0.39, 0.29) is 29.6 Å². The number of fused-ring (bicyclic) bond motifs is 3. The van der Waals surface area contributed by atoms with Crippen LogP contribution >= 0.6 is 0 Å². The lowest BCUT2D eigenvalue weighted by Gasteiger charge is -2.38. The second-order valence-electron chi connectivity index (χ2n) is 8.62. The molecule has 6 nitrogen and oxygen atoms in total. The highest BCUT2D eigenvalue weighted by Gasteiger charge is 2.44. The maximum absolute atomic E-state index is 13.3. The Morgan fingerprint density at radius 3 is 1.89 bits per heavy atom. The summed E-state index contributed by atoms with van der Waals surface area (Å²) in [5.41, 5.74) is 2.65. The van der Waals surface area contributed by atoms with Crippen LogP contribution in [0.3, 0.4) is 0 Å². The van der Waals surface area contributed by atoms with E-state index in [1.807, 2.05) is 23.2 Å². The first-order chi connectivity index (χ1) is 17.0. The maximum Gasteiger partial charge on any atom is 0.490 e. The second kappa shape index (κ2) is 10.1. The number of rotatable bonds is 4. The molecule has 3 heterocycles. The summed E-state index contributed by atoms with van der Waals surface area (Å²) in [6.07, 6.45) is -3.11. The van der Waals surface area contributed by atoms with Gasteiger partial charge in [0.05, 0.1) is 12.1 Å².